The van der Waals surface area contributed by atoms with E-state index in [9.17, 15) is 22.6 Å². The van der Waals surface area contributed by atoms with E-state index in [2.05, 4.69) is 13.8 Å². The number of unbranched alkanes of at least 4 members (excludes halogenated alkanes) is 22. The summed E-state index contributed by atoms with van der Waals surface area (Å²) in [5, 5.41) is -1.93. The number of ether oxygens (including phenoxy) is 2. The molecule has 7 nitrogen and oxygen atoms in total. The van der Waals surface area contributed by atoms with E-state index in [-0.39, 0.29) is 64.6 Å². The zero-order chi connectivity index (χ0) is 29.7. The summed E-state index contributed by atoms with van der Waals surface area (Å²) in [5.74, 6) is -1.90. The predicted octanol–water partition coefficient (Wildman–Crippen LogP) is 8.47. The number of carbonyl (C=O) groups is 2. The predicted molar refractivity (Wildman–Crippen MR) is 171 cm³/mol. The van der Waals surface area contributed by atoms with Crippen LogP contribution in [0.1, 0.15) is 174 Å². The maximum atomic E-state index is 12.2. The van der Waals surface area contributed by atoms with Crippen molar-refractivity contribution in [3.05, 3.63) is 0 Å². The molecule has 0 amide bonds. The Labute approximate surface area is 295 Å². The van der Waals surface area contributed by atoms with Crippen LogP contribution in [0.2, 0.25) is 0 Å². The Balaban J connectivity index is 0. The molecule has 0 bridgehead atoms. The molecular weight excluding hydrogens is 568 g/mol. The fraction of sp³-hybridized carbons (Fsp3) is 0.938. The van der Waals surface area contributed by atoms with Gasteiger partial charge in [0.05, 0.1) is 19.6 Å². The zero-order valence-electron chi connectivity index (χ0n) is 26.0. The molecule has 0 aliphatic heterocycles. The van der Waals surface area contributed by atoms with E-state index in [0.717, 1.165) is 32.1 Å². The number of esters is 2. The molecule has 1 atom stereocenters. The summed E-state index contributed by atoms with van der Waals surface area (Å²) in [5.41, 5.74) is 0. The van der Waals surface area contributed by atoms with E-state index in [4.69, 9.17) is 9.47 Å². The Morgan fingerprint density at radius 3 is 1.15 bits per heavy atom. The number of carbonyl (C=O) groups excluding carboxylic acids is 2. The van der Waals surface area contributed by atoms with Gasteiger partial charge in [0.15, 0.2) is 5.25 Å². The molecule has 0 aliphatic carbocycles. The average Bonchev–Trinajstić information content (AvgIpc) is 2.91. The Hall–Kier alpha value is 0.486. The molecule has 9 heteroatoms. The van der Waals surface area contributed by atoms with Crippen molar-refractivity contribution >= 4 is 73.4 Å². The van der Waals surface area contributed by atoms with E-state index < -0.39 is 33.7 Å². The molecule has 0 heterocycles. The summed E-state index contributed by atoms with van der Waals surface area (Å²) in [6.45, 7) is 4.72. The van der Waals surface area contributed by atoms with Gasteiger partial charge in [-0.2, -0.15) is 8.42 Å². The fourth-order valence-electron chi connectivity index (χ4n) is 4.86. The van der Waals surface area contributed by atoms with Crippen LogP contribution in [-0.4, -0.2) is 94.8 Å². The van der Waals surface area contributed by atoms with Crippen molar-refractivity contribution in [1.82, 2.24) is 0 Å². The van der Waals surface area contributed by atoms with Crippen LogP contribution in [0.3, 0.4) is 0 Å². The molecule has 41 heavy (non-hydrogen) atoms. The van der Waals surface area contributed by atoms with Crippen LogP contribution in [0.15, 0.2) is 0 Å². The van der Waals surface area contributed by atoms with Crippen LogP contribution in [0.25, 0.3) is 0 Å². The van der Waals surface area contributed by atoms with Gasteiger partial charge in [-0.3, -0.25) is 14.1 Å². The van der Waals surface area contributed by atoms with Gasteiger partial charge in [0.1, 0.15) is 0 Å². The quantitative estimate of drug-likeness (QED) is 0.0367. The van der Waals surface area contributed by atoms with Gasteiger partial charge in [0.2, 0.25) is 0 Å². The second-order valence-corrected chi connectivity index (χ2v) is 13.0. The molecule has 0 rings (SSSR count). The van der Waals surface area contributed by atoms with Gasteiger partial charge in [-0.05, 0) is 12.8 Å². The van der Waals surface area contributed by atoms with Gasteiger partial charge >= 0.3 is 63.3 Å². The Kier molecular flexibility index (Phi) is 33.9. The number of rotatable bonds is 30. The standard InChI is InChI=1S/C32H62O7S.K.H/c1-3-5-7-9-11-13-15-17-19-21-23-25-27-38-31(33)29-30(40(35,36)37)32(34)39-28-26-24-22-20-18-16-14-12-10-8-6-4-2;;/h30H,3-29H2,1-2H3,(H,35,36,37);;. The van der Waals surface area contributed by atoms with Gasteiger partial charge < -0.3 is 9.47 Å². The third-order valence-electron chi connectivity index (χ3n) is 7.48. The third kappa shape index (κ3) is 30.3. The van der Waals surface area contributed by atoms with Gasteiger partial charge in [-0.1, -0.05) is 155 Å². The van der Waals surface area contributed by atoms with Gasteiger partial charge in [-0.15, -0.1) is 0 Å². The summed E-state index contributed by atoms with van der Waals surface area (Å²) in [7, 11) is -4.76. The van der Waals surface area contributed by atoms with E-state index in [1.54, 1.807) is 0 Å². The van der Waals surface area contributed by atoms with E-state index in [1.165, 1.54) is 109 Å². The van der Waals surface area contributed by atoms with Crippen LogP contribution in [0.4, 0.5) is 0 Å². The third-order valence-corrected chi connectivity index (χ3v) is 8.56. The molecule has 0 radical (unpaired) electrons. The first-order valence-corrected chi connectivity index (χ1v) is 18.1. The van der Waals surface area contributed by atoms with E-state index in [1.807, 2.05) is 0 Å². The van der Waals surface area contributed by atoms with Crippen molar-refractivity contribution in [1.29, 1.82) is 0 Å². The van der Waals surface area contributed by atoms with Crippen LogP contribution < -0.4 is 0 Å². The van der Waals surface area contributed by atoms with Crippen molar-refractivity contribution < 1.29 is 32.0 Å². The Morgan fingerprint density at radius 1 is 0.537 bits per heavy atom. The van der Waals surface area contributed by atoms with Gasteiger partial charge in [-0.25, -0.2) is 0 Å². The summed E-state index contributed by atoms with van der Waals surface area (Å²) < 4.78 is 43.0. The summed E-state index contributed by atoms with van der Waals surface area (Å²) in [6.07, 6.45) is 27.6. The monoisotopic (exact) mass is 630 g/mol. The second-order valence-electron chi connectivity index (χ2n) is 11.4. The molecule has 0 saturated carbocycles. The zero-order valence-corrected chi connectivity index (χ0v) is 26.8. The summed E-state index contributed by atoms with van der Waals surface area (Å²) in [6, 6.07) is 0. The van der Waals surface area contributed by atoms with Crippen LogP contribution >= 0.6 is 0 Å². The molecule has 240 valence electrons. The van der Waals surface area contributed by atoms with Crippen molar-refractivity contribution in [2.75, 3.05) is 13.2 Å². The minimum atomic E-state index is -4.76. The average molecular weight is 631 g/mol. The minimum absolute atomic E-state index is 0. The van der Waals surface area contributed by atoms with Gasteiger partial charge in [0, 0.05) is 0 Å². The molecule has 0 saturated heterocycles. The normalized spacial score (nSPS) is 12.1. The first kappa shape index (κ1) is 43.6. The second kappa shape index (κ2) is 31.9. The van der Waals surface area contributed by atoms with E-state index in [0.29, 0.717) is 12.8 Å². The molecule has 1 unspecified atom stereocenters. The van der Waals surface area contributed by atoms with Crippen molar-refractivity contribution in [3.8, 4) is 0 Å². The molecule has 0 aromatic heterocycles. The molecular formula is C32H63KO7S. The van der Waals surface area contributed by atoms with Crippen molar-refractivity contribution in [2.24, 2.45) is 0 Å². The molecule has 0 spiro atoms. The maximum absolute atomic E-state index is 12.2. The van der Waals surface area contributed by atoms with E-state index >= 15 is 0 Å². The number of hydrogen-bond donors (Lipinski definition) is 1. The molecule has 0 aliphatic rings. The Morgan fingerprint density at radius 2 is 0.829 bits per heavy atom. The van der Waals surface area contributed by atoms with Crippen molar-refractivity contribution in [2.45, 2.75) is 180 Å². The molecule has 0 aromatic rings. The van der Waals surface area contributed by atoms with Crippen LogP contribution in [-0.2, 0) is 29.2 Å². The fourth-order valence-corrected chi connectivity index (χ4v) is 5.52. The first-order valence-electron chi connectivity index (χ1n) is 16.6. The van der Waals surface area contributed by atoms with Crippen LogP contribution in [0.5, 0.6) is 0 Å². The van der Waals surface area contributed by atoms with Crippen LogP contribution in [0, 0.1) is 0 Å². The molecule has 0 fully saturated rings. The topological polar surface area (TPSA) is 107 Å². The molecule has 1 N–H and O–H groups in total. The summed E-state index contributed by atoms with van der Waals surface area (Å²) >= 11 is 0. The summed E-state index contributed by atoms with van der Waals surface area (Å²) in [4.78, 5) is 24.3. The molecule has 0 aromatic carbocycles. The Bertz CT molecular complexity index is 700. The van der Waals surface area contributed by atoms with Gasteiger partial charge in [0.25, 0.3) is 10.1 Å². The van der Waals surface area contributed by atoms with Crippen molar-refractivity contribution in [3.63, 3.8) is 0 Å². The number of hydrogen-bond acceptors (Lipinski definition) is 6. The SMILES string of the molecule is CCCCCCCCCCCCCCOC(=O)CC(C(=O)OCCCCCCCCCCCCCC)S(=O)(=O)O.[KH]. The first-order chi connectivity index (χ1) is 19.3.